The first-order valence-electron chi connectivity index (χ1n) is 12.8. The van der Waals surface area contributed by atoms with E-state index in [2.05, 4.69) is 14.5 Å². The topological polar surface area (TPSA) is 119 Å². The summed E-state index contributed by atoms with van der Waals surface area (Å²) in [5.74, 6) is 0.266. The number of nitrogens with one attached hydrogen (secondary N) is 1. The van der Waals surface area contributed by atoms with Crippen LogP contribution >= 0.6 is 11.6 Å². The quantitative estimate of drug-likeness (QED) is 0.312. The second kappa shape index (κ2) is 12.2. The normalized spacial score (nSPS) is 20.9. The Morgan fingerprint density at radius 2 is 2.03 bits per heavy atom. The number of aryl methyl sites for hydroxylation is 1. The largest absolute Gasteiger partial charge is 0.484 e. The minimum atomic E-state index is -3.94. The van der Waals surface area contributed by atoms with Gasteiger partial charge in [-0.2, -0.15) is 4.72 Å². The van der Waals surface area contributed by atoms with Crippen LogP contribution in [0.3, 0.4) is 0 Å². The molecule has 210 valence electrons. The number of likely N-dealkylation sites (tertiary alicyclic amines) is 1. The number of carbonyl (C=O) groups excluding carboxylic acids is 1. The van der Waals surface area contributed by atoms with E-state index < -0.39 is 16.1 Å². The van der Waals surface area contributed by atoms with Crippen LogP contribution in [0.4, 0.5) is 5.69 Å². The van der Waals surface area contributed by atoms with Crippen LogP contribution in [0.5, 0.6) is 5.75 Å². The highest BCUT2D eigenvalue weighted by Crippen LogP contribution is 2.43. The van der Waals surface area contributed by atoms with Gasteiger partial charge in [-0.15, -0.1) is 0 Å². The molecule has 0 saturated carbocycles. The number of amides is 1. The number of rotatable bonds is 11. The van der Waals surface area contributed by atoms with Gasteiger partial charge in [0.15, 0.2) is 5.69 Å². The Morgan fingerprint density at radius 1 is 1.26 bits per heavy atom. The van der Waals surface area contributed by atoms with E-state index in [0.717, 1.165) is 11.1 Å². The Balaban J connectivity index is 1.49. The lowest BCUT2D eigenvalue weighted by molar-refractivity contribution is -0.129. The summed E-state index contributed by atoms with van der Waals surface area (Å²) in [6.45, 7) is 11.4. The van der Waals surface area contributed by atoms with E-state index in [-0.39, 0.29) is 22.9 Å². The number of hydrogen-bond donors (Lipinski definition) is 2. The molecule has 4 rings (SSSR count). The number of ether oxygens (including phenoxy) is 2. The number of fused-ring (bicyclic) bond motifs is 1. The first-order chi connectivity index (χ1) is 18.6. The maximum absolute atomic E-state index is 13.1. The van der Waals surface area contributed by atoms with Crippen molar-refractivity contribution in [2.75, 3.05) is 46.9 Å². The van der Waals surface area contributed by atoms with Crippen molar-refractivity contribution in [3.8, 4) is 5.75 Å². The second-order valence-corrected chi connectivity index (χ2v) is 12.1. The maximum atomic E-state index is 13.1. The molecule has 0 bridgehead atoms. The zero-order chi connectivity index (χ0) is 28.3. The zero-order valence-electron chi connectivity index (χ0n) is 22.3. The van der Waals surface area contributed by atoms with Crippen molar-refractivity contribution in [1.82, 2.24) is 14.5 Å². The van der Waals surface area contributed by atoms with Crippen LogP contribution in [0.15, 0.2) is 35.2 Å². The first-order valence-corrected chi connectivity index (χ1v) is 14.6. The van der Waals surface area contributed by atoms with Crippen LogP contribution in [0.2, 0.25) is 5.02 Å². The van der Waals surface area contributed by atoms with Gasteiger partial charge in [0.2, 0.25) is 15.9 Å². The number of likely N-dealkylation sites (N-methyl/N-ethyl adjacent to an activating group) is 1. The Labute approximate surface area is 234 Å². The third-order valence-electron chi connectivity index (χ3n) is 7.15. The lowest BCUT2D eigenvalue weighted by atomic mass is 10.1. The van der Waals surface area contributed by atoms with Gasteiger partial charge in [-0.05, 0) is 80.9 Å². The van der Waals surface area contributed by atoms with Crippen LogP contribution < -0.4 is 15.2 Å². The molecule has 12 heteroatoms. The molecule has 1 fully saturated rings. The average Bonchev–Trinajstić information content (AvgIpc) is 3.42. The third-order valence-corrected chi connectivity index (χ3v) is 8.84. The van der Waals surface area contributed by atoms with Crippen LogP contribution in [0.1, 0.15) is 29.2 Å². The number of nitrogens with two attached hydrogens (primary N) is 1. The molecule has 0 radical (unpaired) electrons. The predicted molar refractivity (Wildman–Crippen MR) is 149 cm³/mol. The van der Waals surface area contributed by atoms with Crippen LogP contribution in [-0.2, 0) is 26.0 Å². The van der Waals surface area contributed by atoms with Gasteiger partial charge < -0.3 is 25.0 Å². The lowest BCUT2D eigenvalue weighted by Gasteiger charge is -2.28. The molecule has 0 unspecified atom stereocenters. The SMILES string of the molecule is [C-]#[N+]c1cc(Cl)cc2c1C[C@H](N(C)C)[C@H]2Oc1ccc(S(=O)(=O)N[C@H]2CCN(CCOCCN)C2=O)cc1C. The Hall–Kier alpha value is -2.72. The van der Waals surface area contributed by atoms with Crippen molar-refractivity contribution in [3.63, 3.8) is 0 Å². The van der Waals surface area contributed by atoms with Crippen molar-refractivity contribution in [2.45, 2.75) is 42.8 Å². The van der Waals surface area contributed by atoms with Crippen molar-refractivity contribution < 1.29 is 22.7 Å². The van der Waals surface area contributed by atoms with Gasteiger partial charge in [0.25, 0.3) is 0 Å². The lowest BCUT2D eigenvalue weighted by Crippen LogP contribution is -2.42. The van der Waals surface area contributed by atoms with Crippen LogP contribution in [0.25, 0.3) is 4.85 Å². The molecule has 10 nitrogen and oxygen atoms in total. The van der Waals surface area contributed by atoms with E-state index in [4.69, 9.17) is 33.4 Å². The number of nitrogens with zero attached hydrogens (tertiary/aromatic N) is 3. The van der Waals surface area contributed by atoms with E-state index in [0.29, 0.717) is 67.7 Å². The fraction of sp³-hybridized carbons (Fsp3) is 0.481. The summed E-state index contributed by atoms with van der Waals surface area (Å²) in [5, 5.41) is 0.472. The van der Waals surface area contributed by atoms with Crippen LogP contribution in [0, 0.1) is 13.5 Å². The molecule has 2 aromatic carbocycles. The van der Waals surface area contributed by atoms with Crippen molar-refractivity contribution in [1.29, 1.82) is 0 Å². The van der Waals surface area contributed by atoms with E-state index in [1.54, 1.807) is 30.0 Å². The third kappa shape index (κ3) is 6.38. The van der Waals surface area contributed by atoms with E-state index in [1.165, 1.54) is 6.07 Å². The highest BCUT2D eigenvalue weighted by Gasteiger charge is 2.38. The number of halogens is 1. The molecule has 2 aliphatic rings. The van der Waals surface area contributed by atoms with Crippen molar-refractivity contribution >= 4 is 33.2 Å². The Morgan fingerprint density at radius 3 is 2.69 bits per heavy atom. The van der Waals surface area contributed by atoms with Gasteiger partial charge in [0.1, 0.15) is 17.9 Å². The monoisotopic (exact) mass is 575 g/mol. The molecule has 3 N–H and O–H groups in total. The fourth-order valence-electron chi connectivity index (χ4n) is 5.08. The first kappa shape index (κ1) is 29.3. The minimum Gasteiger partial charge on any atom is -0.484 e. The Bertz CT molecular complexity index is 1380. The molecule has 0 spiro atoms. The number of hydrogen-bond acceptors (Lipinski definition) is 7. The average molecular weight is 576 g/mol. The standard InChI is InChI=1S/C27H34ClN5O5S/c1-17-13-19(39(35,36)31-22-7-9-33(27(22)34)10-12-37-11-8-29)5-6-25(17)38-26-21-14-18(28)15-23(30-2)20(21)16-24(26)32(3)4/h5-6,13-15,22,24,26,31H,7-12,16,29H2,1,3-4H3/t22-,24-,26-/m0/s1. The summed E-state index contributed by atoms with van der Waals surface area (Å²) < 4.78 is 40.6. The van der Waals surface area contributed by atoms with E-state index in [9.17, 15) is 13.2 Å². The molecule has 0 aromatic heterocycles. The smallest absolute Gasteiger partial charge is 0.241 e. The number of carbonyl (C=O) groups is 1. The highest BCUT2D eigenvalue weighted by molar-refractivity contribution is 7.89. The predicted octanol–water partition coefficient (Wildman–Crippen LogP) is 2.66. The minimum absolute atomic E-state index is 0.0273. The van der Waals surface area contributed by atoms with Gasteiger partial charge in [-0.25, -0.2) is 13.3 Å². The summed E-state index contributed by atoms with van der Waals surface area (Å²) in [7, 11) is -0.0285. The summed E-state index contributed by atoms with van der Waals surface area (Å²) in [5.41, 5.74) is 8.33. The highest BCUT2D eigenvalue weighted by atomic mass is 35.5. The van der Waals surface area contributed by atoms with Gasteiger partial charge in [-0.3, -0.25) is 4.79 Å². The number of benzene rings is 2. The molecular weight excluding hydrogens is 542 g/mol. The van der Waals surface area contributed by atoms with Gasteiger partial charge >= 0.3 is 0 Å². The molecule has 39 heavy (non-hydrogen) atoms. The van der Waals surface area contributed by atoms with E-state index >= 15 is 0 Å². The fourth-order valence-corrected chi connectivity index (χ4v) is 6.61. The van der Waals surface area contributed by atoms with Crippen molar-refractivity contribution in [3.05, 3.63) is 63.5 Å². The van der Waals surface area contributed by atoms with Gasteiger partial charge in [0.05, 0.1) is 30.7 Å². The molecule has 3 atom stereocenters. The molecular formula is C27H34ClN5O5S. The summed E-state index contributed by atoms with van der Waals surface area (Å²) in [6, 6.07) is 7.31. The summed E-state index contributed by atoms with van der Waals surface area (Å²) in [4.78, 5) is 20.1. The molecule has 1 aliphatic heterocycles. The summed E-state index contributed by atoms with van der Waals surface area (Å²) in [6.07, 6.45) is 0.643. The second-order valence-electron chi connectivity index (χ2n) is 9.99. The molecule has 1 saturated heterocycles. The van der Waals surface area contributed by atoms with Crippen molar-refractivity contribution in [2.24, 2.45) is 5.73 Å². The Kier molecular flexibility index (Phi) is 9.16. The number of sulfonamides is 1. The maximum Gasteiger partial charge on any atom is 0.241 e. The molecule has 2 aromatic rings. The van der Waals surface area contributed by atoms with E-state index in [1.807, 2.05) is 20.2 Å². The van der Waals surface area contributed by atoms with Gasteiger partial charge in [-0.1, -0.05) is 11.6 Å². The summed E-state index contributed by atoms with van der Waals surface area (Å²) >= 11 is 6.31. The molecule has 1 amide bonds. The van der Waals surface area contributed by atoms with Crippen LogP contribution in [-0.4, -0.2) is 83.2 Å². The molecule has 1 heterocycles. The zero-order valence-corrected chi connectivity index (χ0v) is 23.9. The van der Waals surface area contributed by atoms with Gasteiger partial charge in [0, 0.05) is 24.7 Å². The molecule has 1 aliphatic carbocycles.